The first-order chi connectivity index (χ1) is 6.86. The standard InChI is InChI=1S/C13H13N/c14-13-9-5-4-8-12(13)10-11-6-2-1-3-7-11/h1-8,14H,9-10H2. The van der Waals surface area contributed by atoms with Gasteiger partial charge in [-0.15, -0.1) is 0 Å². The smallest absolute Gasteiger partial charge is 0.0386 e. The van der Waals surface area contributed by atoms with Crippen LogP contribution in [-0.4, -0.2) is 5.71 Å². The zero-order chi connectivity index (χ0) is 9.80. The van der Waals surface area contributed by atoms with Gasteiger partial charge in [0.2, 0.25) is 0 Å². The van der Waals surface area contributed by atoms with E-state index in [-0.39, 0.29) is 0 Å². The van der Waals surface area contributed by atoms with Crippen LogP contribution in [0.25, 0.3) is 0 Å². The van der Waals surface area contributed by atoms with Crippen molar-refractivity contribution in [1.29, 1.82) is 5.41 Å². The Morgan fingerprint density at radius 2 is 1.93 bits per heavy atom. The average Bonchev–Trinajstić information content (AvgIpc) is 2.23. The maximum absolute atomic E-state index is 7.78. The molecule has 0 saturated carbocycles. The van der Waals surface area contributed by atoms with E-state index in [9.17, 15) is 0 Å². The third-order valence-corrected chi connectivity index (χ3v) is 2.38. The second kappa shape index (κ2) is 4.05. The fourth-order valence-electron chi connectivity index (χ4n) is 1.58. The molecule has 1 aliphatic rings. The summed E-state index contributed by atoms with van der Waals surface area (Å²) < 4.78 is 0. The van der Waals surface area contributed by atoms with Crippen LogP contribution in [0.3, 0.4) is 0 Å². The second-order valence-electron chi connectivity index (χ2n) is 3.47. The number of hydrogen-bond donors (Lipinski definition) is 1. The Hall–Kier alpha value is -1.63. The Morgan fingerprint density at radius 1 is 1.14 bits per heavy atom. The molecule has 0 saturated heterocycles. The van der Waals surface area contributed by atoms with E-state index >= 15 is 0 Å². The first kappa shape index (κ1) is 8.95. The van der Waals surface area contributed by atoms with E-state index in [4.69, 9.17) is 5.41 Å². The Labute approximate surface area is 84.3 Å². The van der Waals surface area contributed by atoms with Crippen LogP contribution in [0.15, 0.2) is 54.1 Å². The van der Waals surface area contributed by atoms with Crippen molar-refractivity contribution in [2.24, 2.45) is 0 Å². The topological polar surface area (TPSA) is 23.9 Å². The fraction of sp³-hybridized carbons (Fsp3) is 0.154. The Bertz CT molecular complexity index is 385. The highest BCUT2D eigenvalue weighted by Gasteiger charge is 2.06. The van der Waals surface area contributed by atoms with Crippen molar-refractivity contribution in [2.75, 3.05) is 0 Å². The van der Waals surface area contributed by atoms with Gasteiger partial charge >= 0.3 is 0 Å². The molecule has 0 heterocycles. The van der Waals surface area contributed by atoms with E-state index in [1.807, 2.05) is 36.4 Å². The summed E-state index contributed by atoms with van der Waals surface area (Å²) in [5.41, 5.74) is 3.16. The third kappa shape index (κ3) is 1.99. The molecular formula is C13H13N. The lowest BCUT2D eigenvalue weighted by Crippen LogP contribution is -2.05. The fourth-order valence-corrected chi connectivity index (χ4v) is 1.58. The van der Waals surface area contributed by atoms with Gasteiger partial charge in [0.15, 0.2) is 0 Å². The Kier molecular flexibility index (Phi) is 2.59. The highest BCUT2D eigenvalue weighted by Crippen LogP contribution is 2.14. The number of hydrogen-bond acceptors (Lipinski definition) is 1. The van der Waals surface area contributed by atoms with Gasteiger partial charge in [0.25, 0.3) is 0 Å². The molecule has 1 aliphatic carbocycles. The van der Waals surface area contributed by atoms with Crippen LogP contribution >= 0.6 is 0 Å². The van der Waals surface area contributed by atoms with Gasteiger partial charge in [0.05, 0.1) is 0 Å². The van der Waals surface area contributed by atoms with E-state index in [0.717, 1.165) is 24.1 Å². The first-order valence-electron chi connectivity index (χ1n) is 4.83. The van der Waals surface area contributed by atoms with Crippen LogP contribution in [0, 0.1) is 5.41 Å². The first-order valence-corrected chi connectivity index (χ1v) is 4.83. The normalized spacial score (nSPS) is 15.4. The predicted octanol–water partition coefficient (Wildman–Crippen LogP) is 3.14. The van der Waals surface area contributed by atoms with Crippen LogP contribution in [0.4, 0.5) is 0 Å². The van der Waals surface area contributed by atoms with Crippen molar-refractivity contribution < 1.29 is 0 Å². The minimum absolute atomic E-state index is 0.747. The van der Waals surface area contributed by atoms with Gasteiger partial charge in [-0.1, -0.05) is 48.6 Å². The summed E-state index contributed by atoms with van der Waals surface area (Å²) in [4.78, 5) is 0. The summed E-state index contributed by atoms with van der Waals surface area (Å²) in [6.07, 6.45) is 7.76. The van der Waals surface area contributed by atoms with Gasteiger partial charge in [-0.25, -0.2) is 0 Å². The van der Waals surface area contributed by atoms with Crippen LogP contribution in [0.2, 0.25) is 0 Å². The molecular weight excluding hydrogens is 170 g/mol. The average molecular weight is 183 g/mol. The van der Waals surface area contributed by atoms with Crippen molar-refractivity contribution in [3.05, 3.63) is 59.7 Å². The molecule has 1 N–H and O–H groups in total. The van der Waals surface area contributed by atoms with Gasteiger partial charge in [0.1, 0.15) is 0 Å². The lowest BCUT2D eigenvalue weighted by atomic mass is 9.96. The molecule has 0 aliphatic heterocycles. The molecule has 14 heavy (non-hydrogen) atoms. The van der Waals surface area contributed by atoms with Crippen molar-refractivity contribution >= 4 is 5.71 Å². The summed E-state index contributed by atoms with van der Waals surface area (Å²) >= 11 is 0. The molecule has 0 radical (unpaired) electrons. The summed E-state index contributed by atoms with van der Waals surface area (Å²) in [5, 5.41) is 7.78. The summed E-state index contributed by atoms with van der Waals surface area (Å²) in [6.45, 7) is 0. The molecule has 0 aromatic heterocycles. The monoisotopic (exact) mass is 183 g/mol. The van der Waals surface area contributed by atoms with Crippen molar-refractivity contribution in [3.63, 3.8) is 0 Å². The SMILES string of the molecule is N=C1CC=CC=C1Cc1ccccc1. The van der Waals surface area contributed by atoms with Crippen molar-refractivity contribution in [3.8, 4) is 0 Å². The van der Waals surface area contributed by atoms with Crippen LogP contribution in [0.1, 0.15) is 12.0 Å². The summed E-state index contributed by atoms with van der Waals surface area (Å²) in [7, 11) is 0. The van der Waals surface area contributed by atoms with Gasteiger partial charge in [-0.2, -0.15) is 0 Å². The maximum Gasteiger partial charge on any atom is 0.0386 e. The number of allylic oxidation sites excluding steroid dienone is 4. The molecule has 0 spiro atoms. The molecule has 2 rings (SSSR count). The van der Waals surface area contributed by atoms with E-state index < -0.39 is 0 Å². The Morgan fingerprint density at radius 3 is 2.64 bits per heavy atom. The molecule has 0 atom stereocenters. The molecule has 1 aromatic carbocycles. The number of rotatable bonds is 2. The highest BCUT2D eigenvalue weighted by atomic mass is 14.4. The molecule has 0 unspecified atom stereocenters. The molecule has 1 aromatic rings. The van der Waals surface area contributed by atoms with E-state index in [0.29, 0.717) is 0 Å². The van der Waals surface area contributed by atoms with Crippen molar-refractivity contribution in [2.45, 2.75) is 12.8 Å². The van der Waals surface area contributed by atoms with E-state index in [2.05, 4.69) is 12.1 Å². The minimum atomic E-state index is 0.747. The Balaban J connectivity index is 2.15. The largest absolute Gasteiger partial charge is 0.305 e. The van der Waals surface area contributed by atoms with Crippen LogP contribution in [0.5, 0.6) is 0 Å². The van der Waals surface area contributed by atoms with Crippen LogP contribution < -0.4 is 0 Å². The second-order valence-corrected chi connectivity index (χ2v) is 3.47. The lowest BCUT2D eigenvalue weighted by Gasteiger charge is -2.10. The van der Waals surface area contributed by atoms with E-state index in [1.54, 1.807) is 0 Å². The van der Waals surface area contributed by atoms with Gasteiger partial charge in [-0.3, -0.25) is 0 Å². The van der Waals surface area contributed by atoms with E-state index in [1.165, 1.54) is 5.56 Å². The molecule has 1 heteroatoms. The highest BCUT2D eigenvalue weighted by molar-refractivity contribution is 6.00. The number of nitrogens with one attached hydrogen (secondary N) is 1. The van der Waals surface area contributed by atoms with Crippen molar-refractivity contribution in [1.82, 2.24) is 0 Å². The molecule has 70 valence electrons. The maximum atomic E-state index is 7.78. The van der Waals surface area contributed by atoms with Gasteiger partial charge in [0, 0.05) is 12.1 Å². The summed E-state index contributed by atoms with van der Waals surface area (Å²) in [5.74, 6) is 0. The quantitative estimate of drug-likeness (QED) is 0.728. The zero-order valence-electron chi connectivity index (χ0n) is 8.03. The van der Waals surface area contributed by atoms with Gasteiger partial charge < -0.3 is 5.41 Å². The lowest BCUT2D eigenvalue weighted by molar-refractivity contribution is 1.17. The van der Waals surface area contributed by atoms with Gasteiger partial charge in [-0.05, 0) is 17.6 Å². The molecule has 0 fully saturated rings. The van der Waals surface area contributed by atoms with Crippen LogP contribution in [-0.2, 0) is 6.42 Å². The summed E-state index contributed by atoms with van der Waals surface area (Å²) in [6, 6.07) is 10.3. The predicted molar refractivity (Wildman–Crippen MR) is 59.7 cm³/mol. The third-order valence-electron chi connectivity index (χ3n) is 2.38. The zero-order valence-corrected chi connectivity index (χ0v) is 8.03. The minimum Gasteiger partial charge on any atom is -0.305 e. The molecule has 0 bridgehead atoms. The molecule has 1 nitrogen and oxygen atoms in total. The number of benzene rings is 1. The molecule has 0 amide bonds.